The first kappa shape index (κ1) is 29.7. The predicted octanol–water partition coefficient (Wildman–Crippen LogP) is 6.01. The van der Waals surface area contributed by atoms with Gasteiger partial charge in [-0.25, -0.2) is 23.6 Å². The molecule has 0 fully saturated rings. The average Bonchev–Trinajstić information content (AvgIpc) is 2.89. The van der Waals surface area contributed by atoms with Crippen molar-refractivity contribution < 1.29 is 23.1 Å². The monoisotopic (exact) mass is 600 g/mol. The summed E-state index contributed by atoms with van der Waals surface area (Å²) < 4.78 is 30.3. The van der Waals surface area contributed by atoms with Crippen LogP contribution in [0.5, 0.6) is 0 Å². The number of para-hydroxylation sites is 1. The first-order valence-corrected chi connectivity index (χ1v) is 13.0. The van der Waals surface area contributed by atoms with Crippen molar-refractivity contribution in [1.29, 1.82) is 0 Å². The van der Waals surface area contributed by atoms with Gasteiger partial charge in [-0.15, -0.1) is 0 Å². The van der Waals surface area contributed by atoms with Gasteiger partial charge in [-0.1, -0.05) is 40.5 Å². The molecule has 4 aromatic rings. The molecule has 0 aliphatic carbocycles. The van der Waals surface area contributed by atoms with Crippen LogP contribution in [0.4, 0.5) is 14.6 Å². The molecule has 4 rings (SSSR count). The number of nitrogens with one attached hydrogen (secondary N) is 1. The second-order valence-corrected chi connectivity index (χ2v) is 10.7. The molecular formula is C29H24Cl2F2N4O4. The van der Waals surface area contributed by atoms with E-state index in [2.05, 4.69) is 10.5 Å². The zero-order valence-electron chi connectivity index (χ0n) is 22.1. The van der Waals surface area contributed by atoms with Gasteiger partial charge in [0.15, 0.2) is 6.61 Å². The Balaban J connectivity index is 1.74. The molecule has 0 radical (unpaired) electrons. The minimum atomic E-state index is -0.938. The number of hydrogen-bond donors (Lipinski definition) is 1. The molecule has 0 spiro atoms. The van der Waals surface area contributed by atoms with E-state index in [0.717, 1.165) is 6.07 Å². The summed E-state index contributed by atoms with van der Waals surface area (Å²) in [5.74, 6) is -2.11. The van der Waals surface area contributed by atoms with E-state index in [1.165, 1.54) is 41.1 Å². The minimum Gasteiger partial charge on any atom is -0.710 e. The highest BCUT2D eigenvalue weighted by Crippen LogP contribution is 2.28. The molecule has 0 saturated carbocycles. The summed E-state index contributed by atoms with van der Waals surface area (Å²) in [6.45, 7) is 4.75. The zero-order chi connectivity index (χ0) is 29.9. The number of hydrogen-bond acceptors (Lipinski definition) is 5. The fourth-order valence-corrected chi connectivity index (χ4v) is 4.25. The summed E-state index contributed by atoms with van der Waals surface area (Å²) in [6.07, 6.45) is 1.34. The number of anilines is 1. The third kappa shape index (κ3) is 6.72. The smallest absolute Gasteiger partial charge is 0.312 e. The zero-order valence-corrected chi connectivity index (χ0v) is 23.6. The predicted molar refractivity (Wildman–Crippen MR) is 152 cm³/mol. The number of carbonyl (C=O) groups is 1. The highest BCUT2D eigenvalue weighted by Gasteiger charge is 2.27. The number of aromatic nitrogens is 2. The lowest BCUT2D eigenvalue weighted by Gasteiger charge is -2.17. The molecule has 2 aromatic heterocycles. The van der Waals surface area contributed by atoms with Gasteiger partial charge in [-0.2, -0.15) is 0 Å². The summed E-state index contributed by atoms with van der Waals surface area (Å²) in [7, 11) is 0. The first-order valence-electron chi connectivity index (χ1n) is 12.2. The number of carbonyl (C=O) groups excluding carboxylic acids is 1. The van der Waals surface area contributed by atoms with E-state index in [9.17, 15) is 23.6 Å². The molecule has 212 valence electrons. The van der Waals surface area contributed by atoms with Crippen LogP contribution >= 0.6 is 23.2 Å². The van der Waals surface area contributed by atoms with Gasteiger partial charge in [-0.05, 0) is 57.2 Å². The van der Waals surface area contributed by atoms with Gasteiger partial charge in [0.1, 0.15) is 23.0 Å². The Bertz CT molecular complexity index is 1700. The lowest BCUT2D eigenvalue weighted by molar-refractivity contribution is -0.601. The minimum absolute atomic E-state index is 0.0106. The standard InChI is InChI=1S/C29H24Cl2F2N4O4/c1-29(2,3)28(39)34-24-9-4-6-19(37(24)40)16-41-35-26(20-12-11-18(32)14-23(20)33)17-10-13-25(38)36(15-17)27-21(30)7-5-8-22(27)31/h4-15H,16H2,1-3H3,(H,34,39). The second-order valence-electron chi connectivity index (χ2n) is 9.93. The first-order chi connectivity index (χ1) is 19.4. The summed E-state index contributed by atoms with van der Waals surface area (Å²) in [6, 6.07) is 14.7. The number of rotatable bonds is 7. The molecule has 12 heteroatoms. The molecular weight excluding hydrogens is 577 g/mol. The molecule has 1 amide bonds. The topological polar surface area (TPSA) is 99.6 Å². The van der Waals surface area contributed by atoms with Crippen LogP contribution in [0.1, 0.15) is 37.6 Å². The van der Waals surface area contributed by atoms with Crippen LogP contribution in [0, 0.1) is 22.3 Å². The average molecular weight is 601 g/mol. The highest BCUT2D eigenvalue weighted by atomic mass is 35.5. The van der Waals surface area contributed by atoms with Gasteiger partial charge in [0.25, 0.3) is 11.4 Å². The number of oxime groups is 1. The third-order valence-electron chi connectivity index (χ3n) is 5.86. The maximum Gasteiger partial charge on any atom is 0.312 e. The van der Waals surface area contributed by atoms with E-state index in [4.69, 9.17) is 28.0 Å². The van der Waals surface area contributed by atoms with E-state index < -0.39 is 22.6 Å². The lowest BCUT2D eigenvalue weighted by Crippen LogP contribution is -2.39. The summed E-state index contributed by atoms with van der Waals surface area (Å²) in [5, 5.41) is 19.9. The number of amides is 1. The second kappa shape index (κ2) is 12.1. The molecule has 1 N–H and O–H groups in total. The van der Waals surface area contributed by atoms with Gasteiger partial charge in [0.05, 0.1) is 21.1 Å². The maximum atomic E-state index is 14.9. The Kier molecular flexibility index (Phi) is 8.74. The largest absolute Gasteiger partial charge is 0.710 e. The molecule has 0 bridgehead atoms. The molecule has 2 aromatic carbocycles. The molecule has 0 aliphatic heterocycles. The molecule has 0 saturated heterocycles. The van der Waals surface area contributed by atoms with Crippen LogP contribution in [-0.2, 0) is 16.2 Å². The van der Waals surface area contributed by atoms with Gasteiger partial charge in [0.2, 0.25) is 0 Å². The molecule has 8 nitrogen and oxygen atoms in total. The van der Waals surface area contributed by atoms with E-state index in [1.54, 1.807) is 45.0 Å². The Morgan fingerprint density at radius 3 is 2.39 bits per heavy atom. The van der Waals surface area contributed by atoms with Crippen LogP contribution in [0.25, 0.3) is 5.69 Å². The van der Waals surface area contributed by atoms with E-state index >= 15 is 0 Å². The van der Waals surface area contributed by atoms with Crippen molar-refractivity contribution in [2.45, 2.75) is 27.4 Å². The fourth-order valence-electron chi connectivity index (χ4n) is 3.67. The number of halogens is 4. The van der Waals surface area contributed by atoms with Crippen molar-refractivity contribution in [2.24, 2.45) is 10.6 Å². The van der Waals surface area contributed by atoms with Crippen LogP contribution in [0.3, 0.4) is 0 Å². The molecule has 41 heavy (non-hydrogen) atoms. The van der Waals surface area contributed by atoms with Crippen molar-refractivity contribution >= 4 is 40.6 Å². The SMILES string of the molecule is CC(C)(C)C(=O)Nc1cccc(CON=C(c2ccc(=O)n(-c3c(Cl)cccc3Cl)c2)c2ccc(F)cc2F)[n+]1[O-]. The Morgan fingerprint density at radius 1 is 1.05 bits per heavy atom. The number of nitrogens with zero attached hydrogens (tertiary/aromatic N) is 3. The van der Waals surface area contributed by atoms with Gasteiger partial charge in [0, 0.05) is 35.5 Å². The van der Waals surface area contributed by atoms with Gasteiger partial charge < -0.3 is 10.0 Å². The summed E-state index contributed by atoms with van der Waals surface area (Å²) in [5.41, 5.74) is -0.964. The van der Waals surface area contributed by atoms with Crippen molar-refractivity contribution in [2.75, 3.05) is 5.32 Å². The van der Waals surface area contributed by atoms with Crippen LogP contribution in [-0.4, -0.2) is 16.2 Å². The number of benzene rings is 2. The van der Waals surface area contributed by atoms with E-state index in [0.29, 0.717) is 10.8 Å². The van der Waals surface area contributed by atoms with Crippen molar-refractivity contribution in [3.8, 4) is 5.69 Å². The quantitative estimate of drug-likeness (QED) is 0.121. The normalized spacial score (nSPS) is 11.8. The molecule has 2 heterocycles. The lowest BCUT2D eigenvalue weighted by atomic mass is 9.96. The van der Waals surface area contributed by atoms with Gasteiger partial charge >= 0.3 is 5.91 Å². The van der Waals surface area contributed by atoms with Crippen molar-refractivity contribution in [3.63, 3.8) is 0 Å². The number of pyridine rings is 2. The molecule has 0 atom stereocenters. The Hall–Kier alpha value is -4.28. The van der Waals surface area contributed by atoms with Gasteiger partial charge in [-0.3, -0.25) is 9.36 Å². The van der Waals surface area contributed by atoms with Crippen molar-refractivity contribution in [1.82, 2.24) is 4.57 Å². The Labute approximate surface area is 244 Å². The van der Waals surface area contributed by atoms with Crippen LogP contribution < -0.4 is 15.6 Å². The Morgan fingerprint density at radius 2 is 1.73 bits per heavy atom. The maximum absolute atomic E-state index is 14.9. The van der Waals surface area contributed by atoms with Crippen molar-refractivity contribution in [3.05, 3.63) is 127 Å². The molecule has 0 unspecified atom stereocenters. The van der Waals surface area contributed by atoms with E-state index in [1.807, 2.05) is 0 Å². The molecule has 0 aliphatic rings. The fraction of sp³-hybridized carbons (Fsp3) is 0.172. The van der Waals surface area contributed by atoms with Crippen LogP contribution in [0.2, 0.25) is 10.0 Å². The third-order valence-corrected chi connectivity index (χ3v) is 6.47. The van der Waals surface area contributed by atoms with Crippen LogP contribution in [0.15, 0.2) is 82.9 Å². The summed E-state index contributed by atoms with van der Waals surface area (Å²) in [4.78, 5) is 30.5. The highest BCUT2D eigenvalue weighted by molar-refractivity contribution is 6.37. The van der Waals surface area contributed by atoms with E-state index in [-0.39, 0.29) is 56.6 Å². The summed E-state index contributed by atoms with van der Waals surface area (Å²) >= 11 is 12.6.